The van der Waals surface area contributed by atoms with Crippen molar-refractivity contribution >= 4 is 34.2 Å². The second-order valence-electron chi connectivity index (χ2n) is 12.2. The van der Waals surface area contributed by atoms with Crippen LogP contribution in [0, 0.1) is 18.6 Å². The molecule has 12 heteroatoms. The molecule has 2 aliphatic rings. The fraction of sp³-hybridized carbons (Fsp3) is 0.324. The van der Waals surface area contributed by atoms with E-state index < -0.39 is 40.2 Å². The Balaban J connectivity index is 1.77. The zero-order chi connectivity index (χ0) is 33.2. The van der Waals surface area contributed by atoms with Gasteiger partial charge in [-0.15, -0.1) is 0 Å². The van der Waals surface area contributed by atoms with Gasteiger partial charge in [0.15, 0.2) is 11.5 Å². The molecule has 6 rings (SSSR count). The number of phenols is 1. The Bertz CT molecular complexity index is 1990. The Morgan fingerprint density at radius 2 is 1.85 bits per heavy atom. The third-order valence-corrected chi connectivity index (χ3v) is 8.91. The normalized spacial score (nSPS) is 18.1. The Labute approximate surface area is 264 Å². The third kappa shape index (κ3) is 4.70. The second-order valence-corrected chi connectivity index (χ2v) is 12.2. The number of nitrogens with zero attached hydrogens (tertiary/aromatic N) is 6. The Hall–Kier alpha value is -5.13. The van der Waals surface area contributed by atoms with E-state index in [-0.39, 0.29) is 65.7 Å². The van der Waals surface area contributed by atoms with Crippen molar-refractivity contribution in [3.05, 3.63) is 82.4 Å². The lowest BCUT2D eigenvalue weighted by molar-refractivity contribution is -0.129. The van der Waals surface area contributed by atoms with Crippen LogP contribution in [0.2, 0.25) is 0 Å². The van der Waals surface area contributed by atoms with Crippen molar-refractivity contribution in [1.82, 2.24) is 19.4 Å². The maximum Gasteiger partial charge on any atom is 0.283 e. The molecule has 0 radical (unpaired) electrons. The minimum atomic E-state index is -0.935. The zero-order valence-electron chi connectivity index (χ0n) is 26.2. The number of hydrogen-bond donors (Lipinski definition) is 1. The van der Waals surface area contributed by atoms with Crippen molar-refractivity contribution in [2.75, 3.05) is 29.9 Å². The molecule has 0 bridgehead atoms. The van der Waals surface area contributed by atoms with Crippen LogP contribution in [0.1, 0.15) is 44.4 Å². The van der Waals surface area contributed by atoms with Gasteiger partial charge in [-0.3, -0.25) is 23.9 Å². The number of halogens is 2. The molecule has 4 aromatic rings. The number of piperazine rings is 1. The average molecular weight is 629 g/mol. The molecule has 2 aliphatic heterocycles. The molecule has 0 saturated carbocycles. The minimum absolute atomic E-state index is 0.000414. The van der Waals surface area contributed by atoms with Crippen molar-refractivity contribution < 1.29 is 23.5 Å². The fourth-order valence-corrected chi connectivity index (χ4v) is 6.64. The van der Waals surface area contributed by atoms with Gasteiger partial charge in [0.05, 0.1) is 28.7 Å². The monoisotopic (exact) mass is 628 g/mol. The number of aromatic hydroxyl groups is 1. The summed E-state index contributed by atoms with van der Waals surface area (Å²) in [5.41, 5.74) is 0.439. The van der Waals surface area contributed by atoms with E-state index >= 15 is 8.78 Å². The maximum atomic E-state index is 16.2. The summed E-state index contributed by atoms with van der Waals surface area (Å²) < 4.78 is 32.7. The van der Waals surface area contributed by atoms with E-state index in [9.17, 15) is 19.5 Å². The molecule has 5 heterocycles. The Kier molecular flexibility index (Phi) is 7.61. The number of anilines is 2. The van der Waals surface area contributed by atoms with Gasteiger partial charge in [0.2, 0.25) is 11.8 Å². The Morgan fingerprint density at radius 1 is 1.11 bits per heavy atom. The number of pyridine rings is 3. The zero-order valence-corrected chi connectivity index (χ0v) is 26.2. The minimum Gasteiger partial charge on any atom is -0.507 e. The van der Waals surface area contributed by atoms with E-state index in [2.05, 4.69) is 16.5 Å². The van der Waals surface area contributed by atoms with Gasteiger partial charge in [0.1, 0.15) is 22.9 Å². The molecular formula is C34H34F2N6O4. The van der Waals surface area contributed by atoms with E-state index in [4.69, 9.17) is 0 Å². The molecule has 0 aliphatic carbocycles. The molecule has 1 fully saturated rings. The summed E-state index contributed by atoms with van der Waals surface area (Å²) in [6.45, 7) is 11.5. The summed E-state index contributed by atoms with van der Waals surface area (Å²) in [7, 11) is 1.50. The molecule has 238 valence electrons. The number of fused-ring (bicyclic) bond motifs is 5. The first-order valence-corrected chi connectivity index (χ1v) is 15.0. The van der Waals surface area contributed by atoms with Crippen LogP contribution in [0.5, 0.6) is 5.75 Å². The first-order chi connectivity index (χ1) is 21.8. The molecule has 10 nitrogen and oxygen atoms in total. The van der Waals surface area contributed by atoms with Crippen LogP contribution in [-0.4, -0.2) is 68.6 Å². The topological polar surface area (TPSA) is 112 Å². The van der Waals surface area contributed by atoms with E-state index in [0.29, 0.717) is 16.9 Å². The van der Waals surface area contributed by atoms with Gasteiger partial charge >= 0.3 is 0 Å². The number of benzene rings is 1. The average Bonchev–Trinajstić information content (AvgIpc) is 3.11. The van der Waals surface area contributed by atoms with Gasteiger partial charge in [-0.25, -0.2) is 13.8 Å². The number of aryl methyl sites for hydroxylation is 1. The van der Waals surface area contributed by atoms with Crippen LogP contribution in [0.3, 0.4) is 0 Å². The smallest absolute Gasteiger partial charge is 0.283 e. The van der Waals surface area contributed by atoms with Crippen molar-refractivity contribution in [2.24, 2.45) is 0 Å². The van der Waals surface area contributed by atoms with Gasteiger partial charge in [-0.1, -0.05) is 26.5 Å². The predicted molar refractivity (Wildman–Crippen MR) is 172 cm³/mol. The highest BCUT2D eigenvalue weighted by Gasteiger charge is 2.42. The largest absolute Gasteiger partial charge is 0.507 e. The molecule has 3 aromatic heterocycles. The molecule has 1 aromatic carbocycles. The van der Waals surface area contributed by atoms with Gasteiger partial charge < -0.3 is 19.8 Å². The first-order valence-electron chi connectivity index (χ1n) is 15.0. The number of carbonyl (C=O) groups is 2. The van der Waals surface area contributed by atoms with Crippen molar-refractivity contribution in [1.29, 1.82) is 0 Å². The van der Waals surface area contributed by atoms with Crippen molar-refractivity contribution in [3.63, 3.8) is 0 Å². The summed E-state index contributed by atoms with van der Waals surface area (Å²) in [6.07, 6.45) is 2.84. The first kappa shape index (κ1) is 30.9. The second kappa shape index (κ2) is 11.3. The van der Waals surface area contributed by atoms with E-state index in [1.807, 2.05) is 32.6 Å². The highest BCUT2D eigenvalue weighted by Crippen LogP contribution is 2.43. The van der Waals surface area contributed by atoms with Crippen LogP contribution in [0.4, 0.5) is 20.2 Å². The van der Waals surface area contributed by atoms with E-state index in [1.54, 1.807) is 17.2 Å². The quantitative estimate of drug-likeness (QED) is 0.323. The van der Waals surface area contributed by atoms with Crippen LogP contribution < -0.4 is 15.4 Å². The highest BCUT2D eigenvalue weighted by molar-refractivity contribution is 6.07. The van der Waals surface area contributed by atoms with Gasteiger partial charge in [-0.2, -0.15) is 0 Å². The molecule has 46 heavy (non-hydrogen) atoms. The SMILES string of the molecule is C=CC(=O)N1C[C@@H]2CC(=O)N(C)c3c(c4cc(F)c(-c5c(O)cccc5F)nc4n(-c4c(C)ccnc4C(C)C)c3=O)N2C[C@H]1C. The number of aromatic nitrogens is 3. The lowest BCUT2D eigenvalue weighted by Gasteiger charge is -2.45. The van der Waals surface area contributed by atoms with E-state index in [1.165, 1.54) is 40.8 Å². The lowest BCUT2D eigenvalue weighted by Crippen LogP contribution is -2.59. The van der Waals surface area contributed by atoms with Gasteiger partial charge in [0.25, 0.3) is 5.56 Å². The van der Waals surface area contributed by atoms with Crippen LogP contribution in [0.15, 0.2) is 54.0 Å². The number of carbonyl (C=O) groups excluding carboxylic acids is 2. The molecular weight excluding hydrogens is 594 g/mol. The number of rotatable bonds is 4. The molecule has 2 atom stereocenters. The molecule has 1 N–H and O–H groups in total. The number of amides is 2. The summed E-state index contributed by atoms with van der Waals surface area (Å²) >= 11 is 0. The predicted octanol–water partition coefficient (Wildman–Crippen LogP) is 4.82. The molecule has 0 unspecified atom stereocenters. The fourth-order valence-electron chi connectivity index (χ4n) is 6.64. The molecule has 2 amide bonds. The third-order valence-electron chi connectivity index (χ3n) is 8.91. The maximum absolute atomic E-state index is 16.2. The summed E-state index contributed by atoms with van der Waals surface area (Å²) in [6, 6.07) is 5.63. The summed E-state index contributed by atoms with van der Waals surface area (Å²) in [4.78, 5) is 55.2. The van der Waals surface area contributed by atoms with Crippen LogP contribution >= 0.6 is 0 Å². The molecule has 1 saturated heterocycles. The summed E-state index contributed by atoms with van der Waals surface area (Å²) in [5.74, 6) is -3.13. The lowest BCUT2D eigenvalue weighted by atomic mass is 10.0. The van der Waals surface area contributed by atoms with E-state index in [0.717, 1.165) is 6.07 Å². The summed E-state index contributed by atoms with van der Waals surface area (Å²) in [5, 5.41) is 10.8. The highest BCUT2D eigenvalue weighted by atomic mass is 19.1. The van der Waals surface area contributed by atoms with Gasteiger partial charge in [-0.05, 0) is 55.7 Å². The van der Waals surface area contributed by atoms with Crippen LogP contribution in [0.25, 0.3) is 28.0 Å². The number of phenolic OH excluding ortho intramolecular Hbond substituents is 1. The Morgan fingerprint density at radius 3 is 2.52 bits per heavy atom. The molecule has 0 spiro atoms. The number of hydrogen-bond acceptors (Lipinski definition) is 7. The van der Waals surface area contributed by atoms with Gasteiger partial charge in [0, 0.05) is 44.2 Å². The van der Waals surface area contributed by atoms with Crippen LogP contribution in [-0.2, 0) is 9.59 Å². The standard InChI is InChI=1S/C34H34F2N6O4/c1-7-25(44)40-16-20-13-26(45)39(6)32-31(41(20)15-19(40)5)21-14-23(36)29(27-22(35)9-8-10-24(27)43)38-33(21)42(34(32)46)30-18(4)11-12-37-28(30)17(2)3/h7-12,14,17,19-20,43H,1,13,15-16H2,2-6H3/t19-,20+/m1/s1. The van der Waals surface area contributed by atoms with Crippen molar-refractivity contribution in [3.8, 4) is 22.7 Å². The van der Waals surface area contributed by atoms with Crippen molar-refractivity contribution in [2.45, 2.75) is 52.1 Å².